The average Bonchev–Trinajstić information content (AvgIpc) is 2.52. The molecular formula is C17H20N2O2. The summed E-state index contributed by atoms with van der Waals surface area (Å²) in [6.07, 6.45) is 3.21. The first-order valence-corrected chi connectivity index (χ1v) is 7.05. The molecule has 4 heteroatoms. The smallest absolute Gasteiger partial charge is 0.251 e. The Morgan fingerprint density at radius 2 is 1.81 bits per heavy atom. The molecule has 0 spiro atoms. The van der Waals surface area contributed by atoms with Crippen molar-refractivity contribution < 1.29 is 9.53 Å². The number of hydrogen-bond acceptors (Lipinski definition) is 3. The van der Waals surface area contributed by atoms with Crippen molar-refractivity contribution in [2.45, 2.75) is 20.4 Å². The van der Waals surface area contributed by atoms with Crippen molar-refractivity contribution in [2.75, 3.05) is 6.61 Å². The predicted octanol–water partition coefficient (Wildman–Crippen LogP) is 3.05. The van der Waals surface area contributed by atoms with E-state index in [1.165, 1.54) is 0 Å². The molecule has 1 heterocycles. The van der Waals surface area contributed by atoms with Gasteiger partial charge in [-0.2, -0.15) is 0 Å². The zero-order valence-corrected chi connectivity index (χ0v) is 12.4. The molecule has 0 saturated heterocycles. The fourth-order valence-electron chi connectivity index (χ4n) is 1.75. The maximum absolute atomic E-state index is 11.9. The number of aromatic nitrogens is 1. The highest BCUT2D eigenvalue weighted by Crippen LogP contribution is 2.13. The summed E-state index contributed by atoms with van der Waals surface area (Å²) in [5.74, 6) is 1.26. The van der Waals surface area contributed by atoms with Gasteiger partial charge in [0.05, 0.1) is 6.61 Å². The Morgan fingerprint density at radius 3 is 2.43 bits per heavy atom. The Balaban J connectivity index is 1.85. The summed E-state index contributed by atoms with van der Waals surface area (Å²) in [5, 5.41) is 2.88. The topological polar surface area (TPSA) is 51.2 Å². The molecule has 2 rings (SSSR count). The predicted molar refractivity (Wildman–Crippen MR) is 82.2 cm³/mol. The van der Waals surface area contributed by atoms with Crippen LogP contribution >= 0.6 is 0 Å². The van der Waals surface area contributed by atoms with E-state index in [1.807, 2.05) is 24.3 Å². The number of benzene rings is 1. The normalized spacial score (nSPS) is 10.4. The van der Waals surface area contributed by atoms with Crippen LogP contribution in [0.25, 0.3) is 0 Å². The van der Waals surface area contributed by atoms with Crippen LogP contribution < -0.4 is 10.1 Å². The van der Waals surface area contributed by atoms with Crippen molar-refractivity contribution in [3.05, 3.63) is 59.9 Å². The van der Waals surface area contributed by atoms with Crippen molar-refractivity contribution in [1.82, 2.24) is 10.3 Å². The van der Waals surface area contributed by atoms with E-state index in [0.29, 0.717) is 24.6 Å². The Kier molecular flexibility index (Phi) is 5.32. The number of nitrogens with one attached hydrogen (secondary N) is 1. The first-order chi connectivity index (χ1) is 10.1. The number of rotatable bonds is 6. The molecule has 0 atom stereocenters. The molecule has 0 unspecified atom stereocenters. The summed E-state index contributed by atoms with van der Waals surface area (Å²) in [5.41, 5.74) is 1.65. The van der Waals surface area contributed by atoms with Gasteiger partial charge in [0.2, 0.25) is 0 Å². The Morgan fingerprint density at radius 1 is 1.14 bits per heavy atom. The SMILES string of the molecule is CC(C)COc1ccc(CNC(=O)c2ccncc2)cc1. The van der Waals surface area contributed by atoms with Gasteiger partial charge < -0.3 is 10.1 Å². The highest BCUT2D eigenvalue weighted by Gasteiger charge is 2.04. The van der Waals surface area contributed by atoms with Crippen LogP contribution in [0.3, 0.4) is 0 Å². The van der Waals surface area contributed by atoms with Crippen LogP contribution in [0, 0.1) is 5.92 Å². The number of nitrogens with zero attached hydrogens (tertiary/aromatic N) is 1. The summed E-state index contributed by atoms with van der Waals surface area (Å²) in [7, 11) is 0. The molecule has 4 nitrogen and oxygen atoms in total. The van der Waals surface area contributed by atoms with Crippen molar-refractivity contribution in [1.29, 1.82) is 0 Å². The van der Waals surface area contributed by atoms with Gasteiger partial charge in [-0.25, -0.2) is 0 Å². The Bertz CT molecular complexity index is 565. The third kappa shape index (κ3) is 4.91. The molecule has 21 heavy (non-hydrogen) atoms. The van der Waals surface area contributed by atoms with Crippen molar-refractivity contribution in [3.63, 3.8) is 0 Å². The van der Waals surface area contributed by atoms with E-state index in [4.69, 9.17) is 4.74 Å². The molecular weight excluding hydrogens is 264 g/mol. The molecule has 1 N–H and O–H groups in total. The maximum atomic E-state index is 11.9. The standard InChI is InChI=1S/C17H20N2O2/c1-13(2)12-21-16-5-3-14(4-6-16)11-19-17(20)15-7-9-18-10-8-15/h3-10,13H,11-12H2,1-2H3,(H,19,20). The van der Waals surface area contributed by atoms with Gasteiger partial charge in [0, 0.05) is 24.5 Å². The van der Waals surface area contributed by atoms with Gasteiger partial charge in [0.25, 0.3) is 5.91 Å². The van der Waals surface area contributed by atoms with Crippen molar-refractivity contribution in [3.8, 4) is 5.75 Å². The molecule has 0 bridgehead atoms. The molecule has 1 aromatic heterocycles. The molecule has 0 fully saturated rings. The largest absolute Gasteiger partial charge is 0.493 e. The number of carbonyl (C=O) groups excluding carboxylic acids is 1. The summed E-state index contributed by atoms with van der Waals surface area (Å²) in [6.45, 7) is 5.43. The Labute approximate surface area is 125 Å². The number of carbonyl (C=O) groups is 1. The van der Waals surface area contributed by atoms with E-state index in [2.05, 4.69) is 24.1 Å². The van der Waals surface area contributed by atoms with Gasteiger partial charge in [-0.1, -0.05) is 26.0 Å². The van der Waals surface area contributed by atoms with Crippen LogP contribution in [-0.4, -0.2) is 17.5 Å². The van der Waals surface area contributed by atoms with Crippen LogP contribution in [0.5, 0.6) is 5.75 Å². The minimum atomic E-state index is -0.0995. The van der Waals surface area contributed by atoms with Gasteiger partial charge in [-0.05, 0) is 35.7 Å². The van der Waals surface area contributed by atoms with Crippen LogP contribution in [0.4, 0.5) is 0 Å². The van der Waals surface area contributed by atoms with Gasteiger partial charge in [0.1, 0.15) is 5.75 Å². The van der Waals surface area contributed by atoms with Crippen LogP contribution in [0.2, 0.25) is 0 Å². The lowest BCUT2D eigenvalue weighted by atomic mass is 10.2. The van der Waals surface area contributed by atoms with Gasteiger partial charge in [0.15, 0.2) is 0 Å². The second-order valence-corrected chi connectivity index (χ2v) is 5.27. The summed E-state index contributed by atoms with van der Waals surface area (Å²) in [6, 6.07) is 11.2. The molecule has 1 amide bonds. The van der Waals surface area contributed by atoms with E-state index in [1.54, 1.807) is 24.5 Å². The highest BCUT2D eigenvalue weighted by atomic mass is 16.5. The minimum absolute atomic E-state index is 0.0995. The minimum Gasteiger partial charge on any atom is -0.493 e. The van der Waals surface area contributed by atoms with Gasteiger partial charge in [-0.15, -0.1) is 0 Å². The van der Waals surface area contributed by atoms with Gasteiger partial charge >= 0.3 is 0 Å². The third-order valence-electron chi connectivity index (χ3n) is 2.90. The summed E-state index contributed by atoms with van der Waals surface area (Å²) < 4.78 is 5.62. The quantitative estimate of drug-likeness (QED) is 0.887. The lowest BCUT2D eigenvalue weighted by molar-refractivity contribution is 0.0951. The van der Waals surface area contributed by atoms with Crippen LogP contribution in [0.1, 0.15) is 29.8 Å². The maximum Gasteiger partial charge on any atom is 0.251 e. The average molecular weight is 284 g/mol. The lowest BCUT2D eigenvalue weighted by Gasteiger charge is -2.09. The number of amides is 1. The monoisotopic (exact) mass is 284 g/mol. The van der Waals surface area contributed by atoms with Crippen molar-refractivity contribution >= 4 is 5.91 Å². The Hall–Kier alpha value is -2.36. The second kappa shape index (κ2) is 7.43. The van der Waals surface area contributed by atoms with Gasteiger partial charge in [-0.3, -0.25) is 9.78 Å². The lowest BCUT2D eigenvalue weighted by Crippen LogP contribution is -2.22. The van der Waals surface area contributed by atoms with E-state index >= 15 is 0 Å². The molecule has 110 valence electrons. The first kappa shape index (κ1) is 15.0. The van der Waals surface area contributed by atoms with E-state index < -0.39 is 0 Å². The number of pyridine rings is 1. The molecule has 0 aliphatic rings. The fraction of sp³-hybridized carbons (Fsp3) is 0.294. The molecule has 0 aliphatic carbocycles. The van der Waals surface area contributed by atoms with Crippen LogP contribution in [-0.2, 0) is 6.54 Å². The van der Waals surface area contributed by atoms with E-state index in [0.717, 1.165) is 11.3 Å². The fourth-order valence-corrected chi connectivity index (χ4v) is 1.75. The molecule has 0 saturated carbocycles. The zero-order chi connectivity index (χ0) is 15.1. The number of ether oxygens (including phenoxy) is 1. The molecule has 2 aromatic rings. The summed E-state index contributed by atoms with van der Waals surface area (Å²) >= 11 is 0. The van der Waals surface area contributed by atoms with E-state index in [9.17, 15) is 4.79 Å². The molecule has 0 aliphatic heterocycles. The third-order valence-corrected chi connectivity index (χ3v) is 2.90. The van der Waals surface area contributed by atoms with Crippen molar-refractivity contribution in [2.24, 2.45) is 5.92 Å². The molecule has 0 radical (unpaired) electrons. The second-order valence-electron chi connectivity index (χ2n) is 5.27. The highest BCUT2D eigenvalue weighted by molar-refractivity contribution is 5.93. The number of hydrogen-bond donors (Lipinski definition) is 1. The molecule has 1 aromatic carbocycles. The van der Waals surface area contributed by atoms with E-state index in [-0.39, 0.29) is 5.91 Å². The summed E-state index contributed by atoms with van der Waals surface area (Å²) in [4.78, 5) is 15.8. The van der Waals surface area contributed by atoms with Crippen LogP contribution in [0.15, 0.2) is 48.8 Å². The zero-order valence-electron chi connectivity index (χ0n) is 12.4. The first-order valence-electron chi connectivity index (χ1n) is 7.05.